The highest BCUT2D eigenvalue weighted by atomic mass is 16.1. The normalized spacial score (nSPS) is 13.5. The van der Waals surface area contributed by atoms with Gasteiger partial charge in [0, 0.05) is 5.92 Å². The molecule has 0 heterocycles. The van der Waals surface area contributed by atoms with E-state index >= 15 is 0 Å². The monoisotopic (exact) mass is 182 g/mol. The average molecular weight is 182 g/mol. The molecule has 1 heteroatoms. The summed E-state index contributed by atoms with van der Waals surface area (Å²) in [5.74, 6) is 0.596. The van der Waals surface area contributed by atoms with E-state index in [-0.39, 0.29) is 5.92 Å². The van der Waals surface area contributed by atoms with Gasteiger partial charge < -0.3 is 0 Å². The predicted molar refractivity (Wildman–Crippen MR) is 57.7 cm³/mol. The van der Waals surface area contributed by atoms with Crippen LogP contribution >= 0.6 is 0 Å². The highest BCUT2D eigenvalue weighted by Crippen LogP contribution is 2.16. The molecule has 0 aliphatic rings. The van der Waals surface area contributed by atoms with Crippen molar-refractivity contribution in [2.45, 2.75) is 52.9 Å². The summed E-state index contributed by atoms with van der Waals surface area (Å²) in [5, 5.41) is 0. The Morgan fingerprint density at radius 3 is 2.38 bits per heavy atom. The van der Waals surface area contributed by atoms with Crippen molar-refractivity contribution in [1.29, 1.82) is 0 Å². The van der Waals surface area contributed by atoms with Gasteiger partial charge in [0.15, 0.2) is 5.78 Å². The van der Waals surface area contributed by atoms with E-state index in [1.54, 1.807) is 6.08 Å². The molecule has 0 rings (SSSR count). The van der Waals surface area contributed by atoms with Crippen LogP contribution in [-0.2, 0) is 4.79 Å². The van der Waals surface area contributed by atoms with E-state index in [1.807, 2.05) is 13.0 Å². The quantitative estimate of drug-likeness (QED) is 0.548. The Bertz CT molecular complexity index is 159. The number of ketones is 1. The van der Waals surface area contributed by atoms with Crippen molar-refractivity contribution < 1.29 is 4.79 Å². The lowest BCUT2D eigenvalue weighted by molar-refractivity contribution is -0.118. The molecular formula is C12H22O. The van der Waals surface area contributed by atoms with Gasteiger partial charge in [0.1, 0.15) is 0 Å². The molecule has 0 bridgehead atoms. The fourth-order valence-electron chi connectivity index (χ4n) is 1.53. The zero-order valence-corrected chi connectivity index (χ0v) is 9.18. The van der Waals surface area contributed by atoms with Gasteiger partial charge in [0.2, 0.25) is 0 Å². The Kier molecular flexibility index (Phi) is 7.66. The molecule has 0 spiro atoms. The third-order valence-electron chi connectivity index (χ3n) is 2.28. The first-order valence-corrected chi connectivity index (χ1v) is 5.42. The van der Waals surface area contributed by atoms with Crippen LogP contribution in [0.5, 0.6) is 0 Å². The fraction of sp³-hybridized carbons (Fsp3) is 0.750. The van der Waals surface area contributed by atoms with Gasteiger partial charge in [-0.15, -0.1) is 0 Å². The number of carbonyl (C=O) groups is 1. The number of carbonyl (C=O) groups excluding carboxylic acids is 1. The minimum absolute atomic E-state index is 0.279. The predicted octanol–water partition coefficient (Wildman–Crippen LogP) is 3.74. The van der Waals surface area contributed by atoms with E-state index in [4.69, 9.17) is 0 Å². The topological polar surface area (TPSA) is 17.1 Å². The maximum atomic E-state index is 11.6. The van der Waals surface area contributed by atoms with Crippen LogP contribution in [-0.4, -0.2) is 5.78 Å². The second-order valence-corrected chi connectivity index (χ2v) is 3.53. The molecule has 0 N–H and O–H groups in total. The average Bonchev–Trinajstić information content (AvgIpc) is 2.12. The van der Waals surface area contributed by atoms with Crippen molar-refractivity contribution in [3.05, 3.63) is 12.2 Å². The van der Waals surface area contributed by atoms with Gasteiger partial charge in [0.05, 0.1) is 0 Å². The van der Waals surface area contributed by atoms with E-state index in [0.29, 0.717) is 5.78 Å². The molecule has 0 aliphatic carbocycles. The zero-order valence-electron chi connectivity index (χ0n) is 9.18. The second-order valence-electron chi connectivity index (χ2n) is 3.53. The molecule has 0 fully saturated rings. The maximum absolute atomic E-state index is 11.6. The molecular weight excluding hydrogens is 160 g/mol. The highest BCUT2D eigenvalue weighted by molar-refractivity contribution is 5.91. The van der Waals surface area contributed by atoms with E-state index in [1.165, 1.54) is 12.8 Å². The number of allylic oxidation sites excluding steroid dienone is 2. The summed E-state index contributed by atoms with van der Waals surface area (Å²) in [7, 11) is 0. The minimum Gasteiger partial charge on any atom is -0.295 e. The summed E-state index contributed by atoms with van der Waals surface area (Å²) in [5.41, 5.74) is 0. The first-order valence-electron chi connectivity index (χ1n) is 5.42. The maximum Gasteiger partial charge on any atom is 0.158 e. The van der Waals surface area contributed by atoms with Crippen LogP contribution < -0.4 is 0 Å². The number of unbranched alkanes of at least 4 members (excludes halogenated alkanes) is 1. The molecule has 1 unspecified atom stereocenters. The van der Waals surface area contributed by atoms with Gasteiger partial charge >= 0.3 is 0 Å². The fourth-order valence-corrected chi connectivity index (χ4v) is 1.53. The summed E-state index contributed by atoms with van der Waals surface area (Å²) in [6.45, 7) is 6.21. The smallest absolute Gasteiger partial charge is 0.158 e. The lowest BCUT2D eigenvalue weighted by Crippen LogP contribution is -2.11. The lowest BCUT2D eigenvalue weighted by atomic mass is 9.92. The van der Waals surface area contributed by atoms with Crippen molar-refractivity contribution in [2.24, 2.45) is 5.92 Å². The summed E-state index contributed by atoms with van der Waals surface area (Å²) in [6.07, 6.45) is 9.14. The van der Waals surface area contributed by atoms with E-state index in [2.05, 4.69) is 13.8 Å². The van der Waals surface area contributed by atoms with Crippen molar-refractivity contribution in [2.75, 3.05) is 0 Å². The first kappa shape index (κ1) is 12.4. The number of hydrogen-bond acceptors (Lipinski definition) is 1. The summed E-state index contributed by atoms with van der Waals surface area (Å²) < 4.78 is 0. The van der Waals surface area contributed by atoms with E-state index < -0.39 is 0 Å². The van der Waals surface area contributed by atoms with Gasteiger partial charge in [0.25, 0.3) is 0 Å². The molecule has 0 aliphatic heterocycles. The van der Waals surface area contributed by atoms with Gasteiger partial charge in [-0.3, -0.25) is 4.79 Å². The van der Waals surface area contributed by atoms with Crippen LogP contribution in [0.1, 0.15) is 52.9 Å². The third kappa shape index (κ3) is 5.62. The van der Waals surface area contributed by atoms with Crippen LogP contribution in [0.2, 0.25) is 0 Å². The van der Waals surface area contributed by atoms with Crippen molar-refractivity contribution in [3.8, 4) is 0 Å². The van der Waals surface area contributed by atoms with Crippen LogP contribution in [0, 0.1) is 5.92 Å². The van der Waals surface area contributed by atoms with Crippen LogP contribution in [0.25, 0.3) is 0 Å². The van der Waals surface area contributed by atoms with E-state index in [0.717, 1.165) is 19.3 Å². The van der Waals surface area contributed by atoms with Gasteiger partial charge in [-0.05, 0) is 25.8 Å². The highest BCUT2D eigenvalue weighted by Gasteiger charge is 2.13. The molecule has 13 heavy (non-hydrogen) atoms. The molecule has 0 aromatic heterocycles. The Morgan fingerprint density at radius 1 is 1.23 bits per heavy atom. The SMILES string of the molecule is CC=CC(=O)C(CCC)CCCC. The molecule has 76 valence electrons. The molecule has 0 aromatic rings. The Morgan fingerprint density at radius 2 is 1.92 bits per heavy atom. The van der Waals surface area contributed by atoms with Crippen molar-refractivity contribution >= 4 is 5.78 Å². The first-order chi connectivity index (χ1) is 6.26. The molecule has 0 radical (unpaired) electrons. The third-order valence-corrected chi connectivity index (χ3v) is 2.28. The van der Waals surface area contributed by atoms with Crippen molar-refractivity contribution in [1.82, 2.24) is 0 Å². The zero-order chi connectivity index (χ0) is 10.1. The Labute approximate surface area is 82.2 Å². The molecule has 0 saturated heterocycles. The van der Waals surface area contributed by atoms with Gasteiger partial charge in [-0.25, -0.2) is 0 Å². The summed E-state index contributed by atoms with van der Waals surface area (Å²) >= 11 is 0. The van der Waals surface area contributed by atoms with Gasteiger partial charge in [-0.1, -0.05) is 39.2 Å². The summed E-state index contributed by atoms with van der Waals surface area (Å²) in [6, 6.07) is 0. The molecule has 0 saturated carbocycles. The largest absolute Gasteiger partial charge is 0.295 e. The standard InChI is InChI=1S/C12H22O/c1-4-7-10-11(8-5-2)12(13)9-6-3/h6,9,11H,4-5,7-8,10H2,1-3H3. The lowest BCUT2D eigenvalue weighted by Gasteiger charge is -2.11. The molecule has 0 aromatic carbocycles. The van der Waals surface area contributed by atoms with Gasteiger partial charge in [-0.2, -0.15) is 0 Å². The molecule has 0 amide bonds. The minimum atomic E-state index is 0.279. The Balaban J connectivity index is 3.98. The van der Waals surface area contributed by atoms with E-state index in [9.17, 15) is 4.79 Å². The molecule has 1 nitrogen and oxygen atoms in total. The van der Waals surface area contributed by atoms with Crippen LogP contribution in [0.4, 0.5) is 0 Å². The second kappa shape index (κ2) is 8.03. The number of hydrogen-bond donors (Lipinski definition) is 0. The van der Waals surface area contributed by atoms with Crippen LogP contribution in [0.15, 0.2) is 12.2 Å². The van der Waals surface area contributed by atoms with Crippen LogP contribution in [0.3, 0.4) is 0 Å². The van der Waals surface area contributed by atoms with Crippen molar-refractivity contribution in [3.63, 3.8) is 0 Å². The molecule has 1 atom stereocenters. The Hall–Kier alpha value is -0.590. The number of rotatable bonds is 7. The summed E-state index contributed by atoms with van der Waals surface area (Å²) in [4.78, 5) is 11.6.